The van der Waals surface area contributed by atoms with Gasteiger partial charge in [0.2, 0.25) is 0 Å². The van der Waals surface area contributed by atoms with Crippen molar-refractivity contribution in [1.29, 1.82) is 0 Å². The van der Waals surface area contributed by atoms with Gasteiger partial charge in [-0.1, -0.05) is 18.2 Å². The smallest absolute Gasteiger partial charge is 0.258 e. The highest BCUT2D eigenvalue weighted by Gasteiger charge is 2.16. The molecule has 0 radical (unpaired) electrons. The van der Waals surface area contributed by atoms with Crippen LogP contribution in [-0.2, 0) is 0 Å². The molecular formula is C16H18N2O. The number of hydrogen-bond donors (Lipinski definition) is 1. The fraction of sp³-hybridized carbons (Fsp3) is 0.188. The number of nitrogens with zero attached hydrogens (tertiary/aromatic N) is 1. The van der Waals surface area contributed by atoms with Gasteiger partial charge in [0.25, 0.3) is 5.91 Å². The molecule has 0 bridgehead atoms. The van der Waals surface area contributed by atoms with E-state index >= 15 is 0 Å². The molecule has 3 nitrogen and oxygen atoms in total. The molecular weight excluding hydrogens is 236 g/mol. The van der Waals surface area contributed by atoms with Gasteiger partial charge in [-0.2, -0.15) is 0 Å². The van der Waals surface area contributed by atoms with Crippen LogP contribution >= 0.6 is 0 Å². The Hall–Kier alpha value is -2.29. The van der Waals surface area contributed by atoms with E-state index in [1.165, 1.54) is 0 Å². The van der Waals surface area contributed by atoms with Crippen molar-refractivity contribution in [2.45, 2.75) is 13.8 Å². The minimum absolute atomic E-state index is 0.0215. The van der Waals surface area contributed by atoms with Crippen LogP contribution in [0, 0.1) is 13.8 Å². The summed E-state index contributed by atoms with van der Waals surface area (Å²) in [6.45, 7) is 3.97. The summed E-state index contributed by atoms with van der Waals surface area (Å²) in [6, 6.07) is 13.1. The number of rotatable bonds is 2. The molecule has 98 valence electrons. The highest BCUT2D eigenvalue weighted by atomic mass is 16.2. The maximum atomic E-state index is 12.5. The molecule has 0 saturated heterocycles. The molecule has 2 N–H and O–H groups in total. The van der Waals surface area contributed by atoms with Gasteiger partial charge in [0.05, 0.1) is 0 Å². The summed E-state index contributed by atoms with van der Waals surface area (Å²) in [5.74, 6) is -0.0215. The number of nitrogen functional groups attached to an aromatic ring is 1. The summed E-state index contributed by atoms with van der Waals surface area (Å²) in [5.41, 5.74) is 10.1. The molecule has 0 aliphatic carbocycles. The lowest BCUT2D eigenvalue weighted by molar-refractivity contribution is 0.0992. The molecule has 0 spiro atoms. The quantitative estimate of drug-likeness (QED) is 0.837. The van der Waals surface area contributed by atoms with E-state index in [0.717, 1.165) is 22.4 Å². The Morgan fingerprint density at radius 3 is 2.47 bits per heavy atom. The normalized spacial score (nSPS) is 10.3. The average Bonchev–Trinajstić information content (AvgIpc) is 2.40. The predicted molar refractivity (Wildman–Crippen MR) is 79.5 cm³/mol. The molecule has 0 fully saturated rings. The number of carbonyl (C=O) groups is 1. The largest absolute Gasteiger partial charge is 0.399 e. The van der Waals surface area contributed by atoms with Crippen molar-refractivity contribution in [3.63, 3.8) is 0 Å². The van der Waals surface area contributed by atoms with Gasteiger partial charge in [-0.3, -0.25) is 4.79 Å². The zero-order valence-corrected chi connectivity index (χ0v) is 11.5. The first-order chi connectivity index (χ1) is 9.00. The number of benzene rings is 2. The van der Waals surface area contributed by atoms with Crippen LogP contribution in [0.4, 0.5) is 11.4 Å². The standard InChI is InChI=1S/C16H18N2O/c1-11-6-4-9-15(12(11)2)16(19)18(3)14-8-5-7-13(17)10-14/h4-10H,17H2,1-3H3. The van der Waals surface area contributed by atoms with Gasteiger partial charge in [-0.25, -0.2) is 0 Å². The van der Waals surface area contributed by atoms with Gasteiger partial charge in [-0.05, 0) is 49.2 Å². The highest BCUT2D eigenvalue weighted by molar-refractivity contribution is 6.07. The molecule has 0 aliphatic rings. The van der Waals surface area contributed by atoms with Gasteiger partial charge in [0.1, 0.15) is 0 Å². The van der Waals surface area contributed by atoms with Gasteiger partial charge in [0, 0.05) is 24.0 Å². The van der Waals surface area contributed by atoms with Crippen LogP contribution in [0.25, 0.3) is 0 Å². The van der Waals surface area contributed by atoms with Gasteiger partial charge in [-0.15, -0.1) is 0 Å². The van der Waals surface area contributed by atoms with E-state index in [9.17, 15) is 4.79 Å². The van der Waals surface area contributed by atoms with Crippen LogP contribution in [0.2, 0.25) is 0 Å². The SMILES string of the molecule is Cc1cccc(C(=O)N(C)c2cccc(N)c2)c1C. The molecule has 1 amide bonds. The fourth-order valence-electron chi connectivity index (χ4n) is 2.01. The second-order valence-electron chi connectivity index (χ2n) is 4.71. The number of anilines is 2. The number of amides is 1. The van der Waals surface area contributed by atoms with E-state index in [0.29, 0.717) is 5.69 Å². The Balaban J connectivity index is 2.36. The Labute approximate surface area is 113 Å². The van der Waals surface area contributed by atoms with Crippen LogP contribution in [0.1, 0.15) is 21.5 Å². The number of aryl methyl sites for hydroxylation is 1. The molecule has 0 unspecified atom stereocenters. The second-order valence-corrected chi connectivity index (χ2v) is 4.71. The topological polar surface area (TPSA) is 46.3 Å². The number of hydrogen-bond acceptors (Lipinski definition) is 2. The first-order valence-electron chi connectivity index (χ1n) is 6.20. The van der Waals surface area contributed by atoms with Crippen LogP contribution in [0.3, 0.4) is 0 Å². The van der Waals surface area contributed by atoms with E-state index < -0.39 is 0 Å². The summed E-state index contributed by atoms with van der Waals surface area (Å²) in [7, 11) is 1.76. The summed E-state index contributed by atoms with van der Waals surface area (Å²) in [4.78, 5) is 14.1. The Bertz CT molecular complexity index is 620. The molecule has 0 atom stereocenters. The van der Waals surface area contributed by atoms with Crippen molar-refractivity contribution in [3.05, 3.63) is 59.2 Å². The monoisotopic (exact) mass is 254 g/mol. The zero-order chi connectivity index (χ0) is 14.0. The van der Waals surface area contributed by atoms with Gasteiger partial charge < -0.3 is 10.6 Å². The van der Waals surface area contributed by atoms with Crippen LogP contribution in [0.5, 0.6) is 0 Å². The Morgan fingerprint density at radius 2 is 1.79 bits per heavy atom. The molecule has 0 aliphatic heterocycles. The molecule has 19 heavy (non-hydrogen) atoms. The van der Waals surface area contributed by atoms with Gasteiger partial charge in [0.15, 0.2) is 0 Å². The first-order valence-corrected chi connectivity index (χ1v) is 6.20. The maximum Gasteiger partial charge on any atom is 0.258 e. The summed E-state index contributed by atoms with van der Waals surface area (Å²) in [6.07, 6.45) is 0. The highest BCUT2D eigenvalue weighted by Crippen LogP contribution is 2.20. The lowest BCUT2D eigenvalue weighted by Crippen LogP contribution is -2.27. The van der Waals surface area contributed by atoms with Crippen LogP contribution in [0.15, 0.2) is 42.5 Å². The van der Waals surface area contributed by atoms with Crippen molar-refractivity contribution in [1.82, 2.24) is 0 Å². The summed E-state index contributed by atoms with van der Waals surface area (Å²) >= 11 is 0. The summed E-state index contributed by atoms with van der Waals surface area (Å²) < 4.78 is 0. The number of carbonyl (C=O) groups excluding carboxylic acids is 1. The summed E-state index contributed by atoms with van der Waals surface area (Å²) in [5, 5.41) is 0. The predicted octanol–water partition coefficient (Wildman–Crippen LogP) is 3.16. The van der Waals surface area contributed by atoms with E-state index in [4.69, 9.17) is 5.73 Å². The molecule has 3 heteroatoms. The van der Waals surface area contributed by atoms with E-state index in [1.807, 2.05) is 44.2 Å². The van der Waals surface area contributed by atoms with Gasteiger partial charge >= 0.3 is 0 Å². The molecule has 0 aromatic heterocycles. The van der Waals surface area contributed by atoms with Crippen molar-refractivity contribution in [2.75, 3.05) is 17.7 Å². The molecule has 0 heterocycles. The molecule has 2 rings (SSSR count). The van der Waals surface area contributed by atoms with Crippen molar-refractivity contribution >= 4 is 17.3 Å². The van der Waals surface area contributed by atoms with E-state index in [2.05, 4.69) is 0 Å². The lowest BCUT2D eigenvalue weighted by atomic mass is 10.0. The second kappa shape index (κ2) is 5.14. The lowest BCUT2D eigenvalue weighted by Gasteiger charge is -2.19. The van der Waals surface area contributed by atoms with Crippen molar-refractivity contribution < 1.29 is 4.79 Å². The maximum absolute atomic E-state index is 12.5. The van der Waals surface area contributed by atoms with Crippen molar-refractivity contribution in [3.8, 4) is 0 Å². The molecule has 0 saturated carbocycles. The first kappa shape index (κ1) is 13.1. The number of nitrogens with two attached hydrogens (primary N) is 1. The third-order valence-corrected chi connectivity index (χ3v) is 3.40. The zero-order valence-electron chi connectivity index (χ0n) is 11.5. The minimum Gasteiger partial charge on any atom is -0.399 e. The average molecular weight is 254 g/mol. The minimum atomic E-state index is -0.0215. The fourth-order valence-corrected chi connectivity index (χ4v) is 2.01. The van der Waals surface area contributed by atoms with Crippen LogP contribution < -0.4 is 10.6 Å². The van der Waals surface area contributed by atoms with E-state index in [1.54, 1.807) is 24.1 Å². The third-order valence-electron chi connectivity index (χ3n) is 3.40. The Kier molecular flexibility index (Phi) is 3.56. The Morgan fingerprint density at radius 1 is 1.11 bits per heavy atom. The third kappa shape index (κ3) is 2.60. The molecule has 2 aromatic rings. The van der Waals surface area contributed by atoms with Crippen LogP contribution in [-0.4, -0.2) is 13.0 Å². The van der Waals surface area contributed by atoms with E-state index in [-0.39, 0.29) is 5.91 Å². The van der Waals surface area contributed by atoms with Crippen molar-refractivity contribution in [2.24, 2.45) is 0 Å². The molecule has 2 aromatic carbocycles.